The molecular weight excluding hydrogens is 178 g/mol. The van der Waals surface area contributed by atoms with Gasteiger partial charge in [0.25, 0.3) is 0 Å². The maximum absolute atomic E-state index is 11.1. The zero-order chi connectivity index (χ0) is 10.1. The minimum atomic E-state index is -0.623. The maximum Gasteiger partial charge on any atom is 0.321 e. The molecule has 1 unspecified atom stereocenters. The molecule has 0 amide bonds. The van der Waals surface area contributed by atoms with Crippen LogP contribution in [0.1, 0.15) is 38.5 Å². The molecule has 1 atom stereocenters. The molecule has 0 saturated heterocycles. The van der Waals surface area contributed by atoms with Crippen LogP contribution < -0.4 is 0 Å². The molecule has 0 aliphatic heterocycles. The number of aliphatic carboxylic acids is 1. The lowest BCUT2D eigenvalue weighted by atomic mass is 10.1. The van der Waals surface area contributed by atoms with E-state index < -0.39 is 5.97 Å². The van der Waals surface area contributed by atoms with E-state index in [1.54, 1.807) is 0 Å². The summed E-state index contributed by atoms with van der Waals surface area (Å²) >= 11 is 0. The molecule has 1 N–H and O–H groups in total. The van der Waals surface area contributed by atoms with Gasteiger partial charge in [-0.05, 0) is 38.6 Å². The summed E-state index contributed by atoms with van der Waals surface area (Å²) in [5, 5.41) is 9.17. The van der Waals surface area contributed by atoms with Crippen molar-refractivity contribution < 1.29 is 9.90 Å². The number of carboxylic acids is 1. The predicted molar refractivity (Wildman–Crippen MR) is 54.2 cm³/mol. The predicted octanol–water partition coefficient (Wildman–Crippen LogP) is 1.72. The van der Waals surface area contributed by atoms with Gasteiger partial charge in [0.1, 0.15) is 6.04 Å². The largest absolute Gasteiger partial charge is 0.480 e. The Morgan fingerprint density at radius 3 is 2.29 bits per heavy atom. The third-order valence-corrected chi connectivity index (χ3v) is 3.66. The lowest BCUT2D eigenvalue weighted by molar-refractivity contribution is -0.144. The van der Waals surface area contributed by atoms with E-state index >= 15 is 0 Å². The van der Waals surface area contributed by atoms with E-state index in [1.165, 1.54) is 25.7 Å². The molecule has 2 rings (SSSR count). The molecule has 2 aliphatic rings. The van der Waals surface area contributed by atoms with Crippen molar-refractivity contribution in [3.8, 4) is 0 Å². The second kappa shape index (κ2) is 3.89. The highest BCUT2D eigenvalue weighted by Gasteiger charge is 2.41. The number of carboxylic acid groups (broad SMARTS) is 1. The average molecular weight is 197 g/mol. The first-order valence-electron chi connectivity index (χ1n) is 5.65. The van der Waals surface area contributed by atoms with Crippen LogP contribution in [0, 0.1) is 5.92 Å². The molecule has 2 aliphatic carbocycles. The average Bonchev–Trinajstić information content (AvgIpc) is 2.82. The molecular formula is C11H19NO2. The first-order valence-corrected chi connectivity index (χ1v) is 5.65. The van der Waals surface area contributed by atoms with Crippen molar-refractivity contribution in [2.75, 3.05) is 7.05 Å². The normalized spacial score (nSPS) is 25.6. The fourth-order valence-electron chi connectivity index (χ4n) is 2.66. The number of carbonyl (C=O) groups is 1. The van der Waals surface area contributed by atoms with Gasteiger partial charge in [-0.15, -0.1) is 0 Å². The van der Waals surface area contributed by atoms with Crippen LogP contribution in [0.2, 0.25) is 0 Å². The highest BCUT2D eigenvalue weighted by atomic mass is 16.4. The van der Waals surface area contributed by atoms with Crippen LogP contribution >= 0.6 is 0 Å². The Morgan fingerprint density at radius 2 is 1.86 bits per heavy atom. The van der Waals surface area contributed by atoms with E-state index in [4.69, 9.17) is 0 Å². The number of hydrogen-bond donors (Lipinski definition) is 1. The van der Waals surface area contributed by atoms with Gasteiger partial charge >= 0.3 is 5.97 Å². The molecule has 14 heavy (non-hydrogen) atoms. The van der Waals surface area contributed by atoms with E-state index in [0.29, 0.717) is 12.0 Å². The molecule has 0 heterocycles. The van der Waals surface area contributed by atoms with E-state index in [9.17, 15) is 9.90 Å². The summed E-state index contributed by atoms with van der Waals surface area (Å²) in [5.74, 6) is -0.194. The van der Waals surface area contributed by atoms with Crippen molar-refractivity contribution in [2.45, 2.75) is 50.6 Å². The van der Waals surface area contributed by atoms with E-state index in [-0.39, 0.29) is 6.04 Å². The van der Waals surface area contributed by atoms with Gasteiger partial charge in [0.15, 0.2) is 0 Å². The van der Waals surface area contributed by atoms with Crippen molar-refractivity contribution >= 4 is 5.97 Å². The second-order valence-electron chi connectivity index (χ2n) is 4.72. The summed E-state index contributed by atoms with van der Waals surface area (Å²) < 4.78 is 0. The van der Waals surface area contributed by atoms with Gasteiger partial charge in [0.2, 0.25) is 0 Å². The van der Waals surface area contributed by atoms with Crippen LogP contribution in [0.25, 0.3) is 0 Å². The van der Waals surface area contributed by atoms with Gasteiger partial charge in [0.05, 0.1) is 0 Å². The fourth-order valence-corrected chi connectivity index (χ4v) is 2.66. The number of likely N-dealkylation sites (N-methyl/N-ethyl adjacent to an activating group) is 1. The molecule has 80 valence electrons. The minimum Gasteiger partial charge on any atom is -0.480 e. The zero-order valence-electron chi connectivity index (χ0n) is 8.78. The van der Waals surface area contributed by atoms with Crippen molar-refractivity contribution in [2.24, 2.45) is 5.92 Å². The Balaban J connectivity index is 1.98. The topological polar surface area (TPSA) is 40.5 Å². The maximum atomic E-state index is 11.1. The summed E-state index contributed by atoms with van der Waals surface area (Å²) in [6.45, 7) is 0. The van der Waals surface area contributed by atoms with Gasteiger partial charge in [-0.1, -0.05) is 12.8 Å². The highest BCUT2D eigenvalue weighted by molar-refractivity contribution is 5.74. The van der Waals surface area contributed by atoms with Crippen LogP contribution in [0.3, 0.4) is 0 Å². The van der Waals surface area contributed by atoms with Gasteiger partial charge in [-0.3, -0.25) is 9.69 Å². The van der Waals surface area contributed by atoms with E-state index in [1.807, 2.05) is 7.05 Å². The van der Waals surface area contributed by atoms with Crippen molar-refractivity contribution in [1.29, 1.82) is 0 Å². The third-order valence-electron chi connectivity index (χ3n) is 3.66. The van der Waals surface area contributed by atoms with Gasteiger partial charge in [0, 0.05) is 6.04 Å². The molecule has 3 heteroatoms. The molecule has 0 bridgehead atoms. The monoisotopic (exact) mass is 197 g/mol. The summed E-state index contributed by atoms with van der Waals surface area (Å²) in [6, 6.07) is 0.315. The summed E-state index contributed by atoms with van der Waals surface area (Å²) in [7, 11) is 1.99. The number of nitrogens with zero attached hydrogens (tertiary/aromatic N) is 1. The van der Waals surface area contributed by atoms with E-state index in [2.05, 4.69) is 4.90 Å². The SMILES string of the molecule is CN(C1CCCC1)C(C(=O)O)C1CC1. The quantitative estimate of drug-likeness (QED) is 0.746. The van der Waals surface area contributed by atoms with Crippen molar-refractivity contribution in [1.82, 2.24) is 4.90 Å². The lowest BCUT2D eigenvalue weighted by Gasteiger charge is -2.30. The van der Waals surface area contributed by atoms with Gasteiger partial charge < -0.3 is 5.11 Å². The Bertz CT molecular complexity index is 219. The van der Waals surface area contributed by atoms with Crippen molar-refractivity contribution in [3.63, 3.8) is 0 Å². The van der Waals surface area contributed by atoms with Crippen LogP contribution in [-0.2, 0) is 4.79 Å². The summed E-state index contributed by atoms with van der Waals surface area (Å²) in [4.78, 5) is 13.3. The van der Waals surface area contributed by atoms with E-state index in [0.717, 1.165) is 12.8 Å². The van der Waals surface area contributed by atoms with Crippen LogP contribution in [0.5, 0.6) is 0 Å². The smallest absolute Gasteiger partial charge is 0.321 e. The first kappa shape index (κ1) is 9.97. The first-order chi connectivity index (χ1) is 6.70. The minimum absolute atomic E-state index is 0.210. The summed E-state index contributed by atoms with van der Waals surface area (Å²) in [5.41, 5.74) is 0. The molecule has 2 fully saturated rings. The van der Waals surface area contributed by atoms with Crippen LogP contribution in [-0.4, -0.2) is 35.1 Å². The standard InChI is InChI=1S/C11H19NO2/c1-12(9-4-2-3-5-9)10(11(13)14)8-6-7-8/h8-10H,2-7H2,1H3,(H,13,14). The fraction of sp³-hybridized carbons (Fsp3) is 0.909. The Labute approximate surface area is 85.1 Å². The number of hydrogen-bond acceptors (Lipinski definition) is 2. The molecule has 0 spiro atoms. The molecule has 0 aromatic heterocycles. The number of rotatable bonds is 4. The molecule has 3 nitrogen and oxygen atoms in total. The van der Waals surface area contributed by atoms with Crippen molar-refractivity contribution in [3.05, 3.63) is 0 Å². The summed E-state index contributed by atoms with van der Waals surface area (Å²) in [6.07, 6.45) is 7.13. The molecule has 0 radical (unpaired) electrons. The highest BCUT2D eigenvalue weighted by Crippen LogP contribution is 2.37. The van der Waals surface area contributed by atoms with Crippen LogP contribution in [0.4, 0.5) is 0 Å². The van der Waals surface area contributed by atoms with Crippen LogP contribution in [0.15, 0.2) is 0 Å². The third kappa shape index (κ3) is 1.92. The van der Waals surface area contributed by atoms with Gasteiger partial charge in [-0.25, -0.2) is 0 Å². The Kier molecular flexibility index (Phi) is 2.77. The van der Waals surface area contributed by atoms with Gasteiger partial charge in [-0.2, -0.15) is 0 Å². The zero-order valence-corrected chi connectivity index (χ0v) is 8.78. The Hall–Kier alpha value is -0.570. The molecule has 0 aromatic rings. The second-order valence-corrected chi connectivity index (χ2v) is 4.72. The molecule has 0 aromatic carbocycles. The lowest BCUT2D eigenvalue weighted by Crippen LogP contribution is -2.45. The molecule has 2 saturated carbocycles. The Morgan fingerprint density at radius 1 is 1.29 bits per heavy atom.